The van der Waals surface area contributed by atoms with E-state index in [2.05, 4.69) is 15.5 Å². The lowest BCUT2D eigenvalue weighted by Gasteiger charge is -2.05. The first-order chi connectivity index (χ1) is 8.40. The zero-order chi connectivity index (χ0) is 13.7. The summed E-state index contributed by atoms with van der Waals surface area (Å²) in [4.78, 5) is 11.7. The maximum absolute atomic E-state index is 11.7. The zero-order valence-electron chi connectivity index (χ0n) is 9.45. The number of guanidine groups is 1. The van der Waals surface area contributed by atoms with E-state index in [9.17, 15) is 4.79 Å². The monoisotopic (exact) mass is 287 g/mol. The number of rotatable bonds is 3. The number of nitrogens with zero attached hydrogens (tertiary/aromatic N) is 2. The van der Waals surface area contributed by atoms with E-state index in [1.165, 1.54) is 13.0 Å². The molecule has 0 spiro atoms. The Kier molecular flexibility index (Phi) is 4.94. The third kappa shape index (κ3) is 4.23. The van der Waals surface area contributed by atoms with Crippen molar-refractivity contribution in [2.45, 2.75) is 6.92 Å². The summed E-state index contributed by atoms with van der Waals surface area (Å²) >= 11 is 11.6. The molecule has 0 atom stereocenters. The van der Waals surface area contributed by atoms with Gasteiger partial charge in [0.1, 0.15) is 5.71 Å². The predicted molar refractivity (Wildman–Crippen MR) is 74.0 cm³/mol. The number of anilines is 1. The fourth-order valence-corrected chi connectivity index (χ4v) is 1.27. The average Bonchev–Trinajstić information content (AvgIpc) is 2.30. The minimum atomic E-state index is -0.446. The highest BCUT2D eigenvalue weighted by atomic mass is 35.5. The first-order valence-corrected chi connectivity index (χ1v) is 5.55. The fraction of sp³-hybridized carbons (Fsp3) is 0.100. The van der Waals surface area contributed by atoms with Crippen LogP contribution >= 0.6 is 23.2 Å². The Hall–Kier alpha value is -1.79. The number of carbonyl (C=O) groups is 1. The second kappa shape index (κ2) is 6.23. The van der Waals surface area contributed by atoms with Gasteiger partial charge in [-0.05, 0) is 25.1 Å². The lowest BCUT2D eigenvalue weighted by Crippen LogP contribution is -2.23. The van der Waals surface area contributed by atoms with Crippen LogP contribution in [0.4, 0.5) is 5.69 Å². The smallest absolute Gasteiger partial charge is 0.271 e. The molecule has 0 aliphatic carbocycles. The minimum Gasteiger partial charge on any atom is -0.369 e. The molecule has 96 valence electrons. The van der Waals surface area contributed by atoms with Crippen LogP contribution in [0, 0.1) is 0 Å². The molecule has 0 radical (unpaired) electrons. The number of hydrogen-bond acceptors (Lipinski definition) is 3. The van der Waals surface area contributed by atoms with Gasteiger partial charge in [0.05, 0.1) is 10.0 Å². The number of amides is 1. The molecule has 1 amide bonds. The lowest BCUT2D eigenvalue weighted by atomic mass is 10.3. The Bertz CT molecular complexity index is 523. The average molecular weight is 288 g/mol. The van der Waals surface area contributed by atoms with E-state index < -0.39 is 5.91 Å². The van der Waals surface area contributed by atoms with Crippen molar-refractivity contribution in [3.8, 4) is 0 Å². The minimum absolute atomic E-state index is 0.106. The van der Waals surface area contributed by atoms with Crippen molar-refractivity contribution in [3.05, 3.63) is 28.2 Å². The van der Waals surface area contributed by atoms with E-state index in [0.717, 1.165) is 0 Å². The van der Waals surface area contributed by atoms with Crippen LogP contribution in [-0.2, 0) is 4.79 Å². The summed E-state index contributed by atoms with van der Waals surface area (Å²) in [5.74, 6) is -0.671. The molecule has 18 heavy (non-hydrogen) atoms. The van der Waals surface area contributed by atoms with Crippen molar-refractivity contribution >= 4 is 46.5 Å². The molecule has 0 aliphatic heterocycles. The van der Waals surface area contributed by atoms with Crippen molar-refractivity contribution in [1.29, 1.82) is 0 Å². The van der Waals surface area contributed by atoms with Crippen LogP contribution in [0.25, 0.3) is 0 Å². The summed E-state index contributed by atoms with van der Waals surface area (Å²) in [5.41, 5.74) is 10.8. The number of nitrogens with one attached hydrogen (secondary N) is 1. The molecule has 1 aromatic carbocycles. The molecule has 0 aromatic heterocycles. The number of nitrogens with two attached hydrogens (primary N) is 2. The van der Waals surface area contributed by atoms with Gasteiger partial charge >= 0.3 is 0 Å². The van der Waals surface area contributed by atoms with Crippen molar-refractivity contribution in [3.63, 3.8) is 0 Å². The van der Waals surface area contributed by atoms with Crippen molar-refractivity contribution in [2.75, 3.05) is 5.32 Å². The molecule has 0 aliphatic rings. The van der Waals surface area contributed by atoms with E-state index in [1.54, 1.807) is 12.1 Å². The normalized spacial score (nSPS) is 10.9. The Morgan fingerprint density at radius 2 is 1.89 bits per heavy atom. The van der Waals surface area contributed by atoms with Gasteiger partial charge in [0, 0.05) is 5.69 Å². The van der Waals surface area contributed by atoms with Crippen LogP contribution in [0.2, 0.25) is 10.0 Å². The predicted octanol–water partition coefficient (Wildman–Crippen LogP) is 1.58. The van der Waals surface area contributed by atoms with E-state index in [1.807, 2.05) is 0 Å². The van der Waals surface area contributed by atoms with Crippen LogP contribution in [0.3, 0.4) is 0 Å². The van der Waals surface area contributed by atoms with Crippen LogP contribution in [0.1, 0.15) is 6.92 Å². The molecule has 0 saturated heterocycles. The maximum Gasteiger partial charge on any atom is 0.271 e. The summed E-state index contributed by atoms with van der Waals surface area (Å²) in [5, 5.41) is 10.2. The first-order valence-electron chi connectivity index (χ1n) is 4.79. The summed E-state index contributed by atoms with van der Waals surface area (Å²) in [6, 6.07) is 4.71. The number of benzene rings is 1. The van der Waals surface area contributed by atoms with Crippen molar-refractivity contribution in [2.24, 2.45) is 21.7 Å². The van der Waals surface area contributed by atoms with Gasteiger partial charge in [0.2, 0.25) is 5.96 Å². The highest BCUT2D eigenvalue weighted by molar-refractivity contribution is 6.43. The molecule has 0 bridgehead atoms. The molecule has 0 fully saturated rings. The molecule has 5 N–H and O–H groups in total. The quantitative estimate of drug-likeness (QED) is 0.446. The third-order valence-electron chi connectivity index (χ3n) is 1.82. The second-order valence-electron chi connectivity index (χ2n) is 3.29. The van der Waals surface area contributed by atoms with E-state index in [-0.39, 0.29) is 11.7 Å². The second-order valence-corrected chi connectivity index (χ2v) is 4.11. The van der Waals surface area contributed by atoms with E-state index in [4.69, 9.17) is 34.7 Å². The molecular formula is C10H11Cl2N5O. The fourth-order valence-electron chi connectivity index (χ4n) is 0.974. The van der Waals surface area contributed by atoms with Gasteiger partial charge < -0.3 is 16.8 Å². The summed E-state index contributed by atoms with van der Waals surface area (Å²) in [6.07, 6.45) is 0. The van der Waals surface area contributed by atoms with Crippen molar-refractivity contribution < 1.29 is 4.79 Å². The van der Waals surface area contributed by atoms with E-state index in [0.29, 0.717) is 15.7 Å². The van der Waals surface area contributed by atoms with Gasteiger partial charge in [-0.2, -0.15) is 0 Å². The van der Waals surface area contributed by atoms with Gasteiger partial charge in [0.25, 0.3) is 5.91 Å². The Morgan fingerprint density at radius 3 is 2.44 bits per heavy atom. The topological polar surface area (TPSA) is 106 Å². The molecular weight excluding hydrogens is 277 g/mol. The number of halogens is 2. The number of carbonyl (C=O) groups excluding carboxylic acids is 1. The molecule has 1 rings (SSSR count). The largest absolute Gasteiger partial charge is 0.369 e. The summed E-state index contributed by atoms with van der Waals surface area (Å²) in [6.45, 7) is 1.47. The van der Waals surface area contributed by atoms with Gasteiger partial charge in [0.15, 0.2) is 0 Å². The molecule has 6 nitrogen and oxygen atoms in total. The zero-order valence-corrected chi connectivity index (χ0v) is 11.0. The summed E-state index contributed by atoms with van der Waals surface area (Å²) in [7, 11) is 0. The molecule has 1 aromatic rings. The Morgan fingerprint density at radius 1 is 1.22 bits per heavy atom. The van der Waals surface area contributed by atoms with Crippen LogP contribution in [-0.4, -0.2) is 17.6 Å². The van der Waals surface area contributed by atoms with E-state index >= 15 is 0 Å². The highest BCUT2D eigenvalue weighted by Crippen LogP contribution is 2.24. The Labute approximate surface area is 114 Å². The SMILES string of the molecule is CC(=NN=C(N)N)C(=O)Nc1ccc(Cl)c(Cl)c1. The van der Waals surface area contributed by atoms with Gasteiger partial charge in [-0.1, -0.05) is 23.2 Å². The molecule has 0 unspecified atom stereocenters. The first kappa shape index (κ1) is 14.3. The van der Waals surface area contributed by atoms with Gasteiger partial charge in [-0.15, -0.1) is 10.2 Å². The van der Waals surface area contributed by atoms with Crippen LogP contribution in [0.15, 0.2) is 28.4 Å². The van der Waals surface area contributed by atoms with Crippen LogP contribution in [0.5, 0.6) is 0 Å². The van der Waals surface area contributed by atoms with Gasteiger partial charge in [-0.25, -0.2) is 0 Å². The van der Waals surface area contributed by atoms with Crippen LogP contribution < -0.4 is 16.8 Å². The lowest BCUT2D eigenvalue weighted by molar-refractivity contribution is -0.110. The van der Waals surface area contributed by atoms with Crippen molar-refractivity contribution in [1.82, 2.24) is 0 Å². The van der Waals surface area contributed by atoms with Gasteiger partial charge in [-0.3, -0.25) is 4.79 Å². The number of hydrogen-bond donors (Lipinski definition) is 3. The maximum atomic E-state index is 11.7. The summed E-state index contributed by atoms with van der Waals surface area (Å²) < 4.78 is 0. The standard InChI is InChI=1S/C10H11Cl2N5O/c1-5(16-17-10(13)14)9(18)15-6-2-3-7(11)8(12)4-6/h2-4H,1H3,(H,15,18)(H4,13,14,17). The Balaban J connectivity index is 2.78. The molecule has 0 heterocycles. The third-order valence-corrected chi connectivity index (χ3v) is 2.56. The highest BCUT2D eigenvalue weighted by Gasteiger charge is 2.07. The molecule has 8 heteroatoms. The molecule has 0 saturated carbocycles.